The number of hydrogen-bond donors (Lipinski definition) is 0. The van der Waals surface area contributed by atoms with E-state index < -0.39 is 0 Å². The molecule has 1 atom stereocenters. The van der Waals surface area contributed by atoms with Gasteiger partial charge < -0.3 is 9.64 Å². The van der Waals surface area contributed by atoms with E-state index >= 15 is 0 Å². The number of carbonyl (C=O) groups excluding carboxylic acids is 1. The van der Waals surface area contributed by atoms with E-state index in [1.165, 1.54) is 19.4 Å². The Hall–Kier alpha value is -1.35. The van der Waals surface area contributed by atoms with Crippen LogP contribution >= 0.6 is 0 Å². The first-order valence-electron chi connectivity index (χ1n) is 6.15. The molecule has 0 spiro atoms. The quantitative estimate of drug-likeness (QED) is 0.747. The molecule has 1 unspecified atom stereocenters. The fourth-order valence-electron chi connectivity index (χ4n) is 2.33. The van der Waals surface area contributed by atoms with Gasteiger partial charge in [-0.15, -0.1) is 0 Å². The number of aldehydes is 1. The number of benzene rings is 1. The third-order valence-corrected chi connectivity index (χ3v) is 3.24. The highest BCUT2D eigenvalue weighted by atomic mass is 16.5. The molecule has 92 valence electrons. The lowest BCUT2D eigenvalue weighted by Gasteiger charge is -2.29. The third kappa shape index (κ3) is 3.30. The van der Waals surface area contributed by atoms with Crippen LogP contribution in [-0.2, 0) is 0 Å². The number of likely N-dealkylation sites (tertiary alicyclic amines) is 1. The maximum atomic E-state index is 10.8. The van der Waals surface area contributed by atoms with Crippen molar-refractivity contribution in [3.05, 3.63) is 29.8 Å². The number of ether oxygens (including phenoxy) is 1. The molecule has 1 heterocycles. The van der Waals surface area contributed by atoms with Gasteiger partial charge in [0.05, 0.1) is 12.2 Å². The molecule has 0 amide bonds. The van der Waals surface area contributed by atoms with Crippen molar-refractivity contribution in [2.24, 2.45) is 5.92 Å². The average molecular weight is 233 g/mol. The molecule has 0 saturated carbocycles. The van der Waals surface area contributed by atoms with Crippen LogP contribution in [0.1, 0.15) is 23.2 Å². The molecule has 0 N–H and O–H groups in total. The SMILES string of the molecule is CN1CCCC(COc2ccccc2C=O)C1. The summed E-state index contributed by atoms with van der Waals surface area (Å²) in [7, 11) is 2.14. The lowest BCUT2D eigenvalue weighted by Crippen LogP contribution is -2.34. The van der Waals surface area contributed by atoms with Gasteiger partial charge in [0.1, 0.15) is 5.75 Å². The lowest BCUT2D eigenvalue weighted by molar-refractivity contribution is 0.111. The molecule has 0 aromatic heterocycles. The van der Waals surface area contributed by atoms with E-state index in [9.17, 15) is 4.79 Å². The zero-order valence-corrected chi connectivity index (χ0v) is 10.3. The number of piperidine rings is 1. The topological polar surface area (TPSA) is 29.5 Å². The summed E-state index contributed by atoms with van der Waals surface area (Å²) in [5.41, 5.74) is 0.636. The van der Waals surface area contributed by atoms with Crippen molar-refractivity contribution >= 4 is 6.29 Å². The second-order valence-electron chi connectivity index (χ2n) is 4.74. The monoisotopic (exact) mass is 233 g/mol. The van der Waals surface area contributed by atoms with E-state index in [-0.39, 0.29) is 0 Å². The Labute approximate surface area is 102 Å². The number of rotatable bonds is 4. The normalized spacial score (nSPS) is 21.1. The van der Waals surface area contributed by atoms with E-state index in [2.05, 4.69) is 11.9 Å². The minimum atomic E-state index is 0.577. The van der Waals surface area contributed by atoms with Crippen LogP contribution in [0.5, 0.6) is 5.75 Å². The van der Waals surface area contributed by atoms with Crippen LogP contribution in [0.3, 0.4) is 0 Å². The predicted molar refractivity (Wildman–Crippen MR) is 67.5 cm³/mol. The molecule has 1 aromatic carbocycles. The van der Waals surface area contributed by atoms with Gasteiger partial charge in [0.25, 0.3) is 0 Å². The molecule has 1 aromatic rings. The van der Waals surface area contributed by atoms with Crippen molar-refractivity contribution in [3.8, 4) is 5.75 Å². The predicted octanol–water partition coefficient (Wildman–Crippen LogP) is 2.22. The molecule has 3 nitrogen and oxygen atoms in total. The molecule has 0 radical (unpaired) electrons. The van der Waals surface area contributed by atoms with Crippen LogP contribution in [-0.4, -0.2) is 37.9 Å². The Bertz CT molecular complexity index is 378. The van der Waals surface area contributed by atoms with Crippen LogP contribution in [0, 0.1) is 5.92 Å². The molecule has 1 fully saturated rings. The molecule has 17 heavy (non-hydrogen) atoms. The molecule has 0 bridgehead atoms. The molecule has 3 heteroatoms. The maximum absolute atomic E-state index is 10.8. The summed E-state index contributed by atoms with van der Waals surface area (Å²) in [6, 6.07) is 7.39. The van der Waals surface area contributed by atoms with Gasteiger partial charge in [0, 0.05) is 12.5 Å². The summed E-state index contributed by atoms with van der Waals surface area (Å²) in [5.74, 6) is 1.28. The Morgan fingerprint density at radius 3 is 3.06 bits per heavy atom. The van der Waals surface area contributed by atoms with Crippen molar-refractivity contribution < 1.29 is 9.53 Å². The van der Waals surface area contributed by atoms with E-state index in [0.29, 0.717) is 23.8 Å². The van der Waals surface area contributed by atoms with Crippen LogP contribution in [0.15, 0.2) is 24.3 Å². The first-order chi connectivity index (χ1) is 8.29. The highest BCUT2D eigenvalue weighted by molar-refractivity contribution is 5.79. The minimum Gasteiger partial charge on any atom is -0.493 e. The van der Waals surface area contributed by atoms with Gasteiger partial charge in [-0.2, -0.15) is 0 Å². The van der Waals surface area contributed by atoms with E-state index in [1.807, 2.05) is 18.2 Å². The third-order valence-electron chi connectivity index (χ3n) is 3.24. The first-order valence-corrected chi connectivity index (χ1v) is 6.15. The highest BCUT2D eigenvalue weighted by Crippen LogP contribution is 2.20. The number of hydrogen-bond acceptors (Lipinski definition) is 3. The van der Waals surface area contributed by atoms with Crippen LogP contribution < -0.4 is 4.74 Å². The van der Waals surface area contributed by atoms with Crippen molar-refractivity contribution in [1.29, 1.82) is 0 Å². The molecule has 1 aliphatic heterocycles. The molecule has 2 rings (SSSR count). The standard InChI is InChI=1S/C14H19NO2/c1-15-8-4-5-12(9-15)11-17-14-7-3-2-6-13(14)10-16/h2-3,6-7,10,12H,4-5,8-9,11H2,1H3. The summed E-state index contributed by atoms with van der Waals surface area (Å²) in [5, 5.41) is 0. The van der Waals surface area contributed by atoms with Crippen molar-refractivity contribution in [2.75, 3.05) is 26.7 Å². The van der Waals surface area contributed by atoms with Crippen LogP contribution in [0.4, 0.5) is 0 Å². The van der Waals surface area contributed by atoms with Crippen LogP contribution in [0.2, 0.25) is 0 Å². The van der Waals surface area contributed by atoms with Crippen molar-refractivity contribution in [1.82, 2.24) is 4.90 Å². The molecular formula is C14H19NO2. The fourth-order valence-corrected chi connectivity index (χ4v) is 2.33. The lowest BCUT2D eigenvalue weighted by atomic mass is 9.99. The Morgan fingerprint density at radius 2 is 2.29 bits per heavy atom. The van der Waals surface area contributed by atoms with E-state index in [1.54, 1.807) is 6.07 Å². The number of carbonyl (C=O) groups is 1. The second-order valence-corrected chi connectivity index (χ2v) is 4.74. The van der Waals surface area contributed by atoms with Gasteiger partial charge in [0.2, 0.25) is 0 Å². The summed E-state index contributed by atoms with van der Waals surface area (Å²) in [6.45, 7) is 2.97. The van der Waals surface area contributed by atoms with Gasteiger partial charge in [-0.25, -0.2) is 0 Å². The maximum Gasteiger partial charge on any atom is 0.153 e. The van der Waals surface area contributed by atoms with Gasteiger partial charge in [-0.1, -0.05) is 12.1 Å². The largest absolute Gasteiger partial charge is 0.493 e. The zero-order chi connectivity index (χ0) is 12.1. The molecule has 0 aliphatic carbocycles. The number of para-hydroxylation sites is 1. The summed E-state index contributed by atoms with van der Waals surface area (Å²) in [6.07, 6.45) is 3.30. The van der Waals surface area contributed by atoms with Gasteiger partial charge in [-0.3, -0.25) is 4.79 Å². The Morgan fingerprint density at radius 1 is 1.47 bits per heavy atom. The molecule has 1 aliphatic rings. The van der Waals surface area contributed by atoms with E-state index in [0.717, 1.165) is 12.8 Å². The van der Waals surface area contributed by atoms with Crippen molar-refractivity contribution in [2.45, 2.75) is 12.8 Å². The van der Waals surface area contributed by atoms with Gasteiger partial charge in [0.15, 0.2) is 6.29 Å². The first kappa shape index (κ1) is 12.1. The number of nitrogens with zero attached hydrogens (tertiary/aromatic N) is 1. The minimum absolute atomic E-state index is 0.577. The summed E-state index contributed by atoms with van der Waals surface area (Å²) < 4.78 is 5.76. The van der Waals surface area contributed by atoms with Crippen LogP contribution in [0.25, 0.3) is 0 Å². The Balaban J connectivity index is 1.90. The summed E-state index contributed by atoms with van der Waals surface area (Å²) >= 11 is 0. The van der Waals surface area contributed by atoms with Gasteiger partial charge >= 0.3 is 0 Å². The zero-order valence-electron chi connectivity index (χ0n) is 10.3. The van der Waals surface area contributed by atoms with Crippen molar-refractivity contribution in [3.63, 3.8) is 0 Å². The Kier molecular flexibility index (Phi) is 4.15. The molecular weight excluding hydrogens is 214 g/mol. The second kappa shape index (κ2) is 5.82. The average Bonchev–Trinajstić information content (AvgIpc) is 2.37. The van der Waals surface area contributed by atoms with Gasteiger partial charge in [-0.05, 0) is 38.6 Å². The summed E-state index contributed by atoms with van der Waals surface area (Å²) in [4.78, 5) is 13.2. The van der Waals surface area contributed by atoms with E-state index in [4.69, 9.17) is 4.74 Å². The fraction of sp³-hybridized carbons (Fsp3) is 0.500. The molecule has 1 saturated heterocycles. The highest BCUT2D eigenvalue weighted by Gasteiger charge is 2.17. The smallest absolute Gasteiger partial charge is 0.153 e.